The molecule has 29 heavy (non-hydrogen) atoms. The van der Waals surface area contributed by atoms with Crippen LogP contribution in [0.2, 0.25) is 0 Å². The molecule has 0 aliphatic carbocycles. The van der Waals surface area contributed by atoms with E-state index in [-0.39, 0.29) is 12.3 Å². The molecular formula is C26H20N2O. The summed E-state index contributed by atoms with van der Waals surface area (Å²) in [6.45, 7) is 0. The molecule has 2 aliphatic heterocycles. The second-order valence-corrected chi connectivity index (χ2v) is 7.59. The van der Waals surface area contributed by atoms with E-state index < -0.39 is 0 Å². The maximum atomic E-state index is 6.42. The maximum absolute atomic E-state index is 6.42. The summed E-state index contributed by atoms with van der Waals surface area (Å²) in [5, 5.41) is 9.75. The molecule has 140 valence electrons. The van der Waals surface area contributed by atoms with E-state index in [9.17, 15) is 0 Å². The first kappa shape index (κ1) is 16.4. The average molecular weight is 376 g/mol. The van der Waals surface area contributed by atoms with Crippen molar-refractivity contribution in [1.82, 2.24) is 5.01 Å². The van der Waals surface area contributed by atoms with E-state index in [4.69, 9.17) is 9.84 Å². The minimum Gasteiger partial charge on any atom is -0.464 e. The van der Waals surface area contributed by atoms with Gasteiger partial charge in [0, 0.05) is 23.1 Å². The first-order valence-corrected chi connectivity index (χ1v) is 10.0. The number of rotatable bonds is 2. The predicted octanol–water partition coefficient (Wildman–Crippen LogP) is 6.08. The van der Waals surface area contributed by atoms with Crippen LogP contribution in [0, 0.1) is 0 Å². The van der Waals surface area contributed by atoms with Gasteiger partial charge in [0.2, 0.25) is 6.23 Å². The van der Waals surface area contributed by atoms with Gasteiger partial charge in [0.1, 0.15) is 5.75 Å². The Balaban J connectivity index is 1.50. The number of benzene rings is 4. The highest BCUT2D eigenvalue weighted by atomic mass is 16.5. The van der Waals surface area contributed by atoms with Gasteiger partial charge in [-0.3, -0.25) is 0 Å². The Kier molecular flexibility index (Phi) is 3.66. The van der Waals surface area contributed by atoms with Crippen molar-refractivity contribution < 1.29 is 4.74 Å². The quantitative estimate of drug-likeness (QED) is 0.423. The fourth-order valence-corrected chi connectivity index (χ4v) is 4.51. The Labute approximate surface area is 169 Å². The Morgan fingerprint density at radius 1 is 0.759 bits per heavy atom. The molecule has 0 amide bonds. The first-order chi connectivity index (χ1) is 14.4. The molecule has 0 radical (unpaired) electrons. The predicted molar refractivity (Wildman–Crippen MR) is 116 cm³/mol. The minimum absolute atomic E-state index is 0.180. The summed E-state index contributed by atoms with van der Waals surface area (Å²) < 4.78 is 6.42. The molecule has 0 saturated heterocycles. The van der Waals surface area contributed by atoms with Crippen LogP contribution >= 0.6 is 0 Å². The van der Waals surface area contributed by atoms with Gasteiger partial charge in [0.05, 0.1) is 11.8 Å². The SMILES string of the molecule is c1ccc(C2Oc3ccccc3C3CC(c4cccc5ccccc45)=NN32)cc1. The topological polar surface area (TPSA) is 24.8 Å². The molecule has 2 atom stereocenters. The van der Waals surface area contributed by atoms with Crippen LogP contribution in [0.15, 0.2) is 102 Å². The smallest absolute Gasteiger partial charge is 0.213 e. The van der Waals surface area contributed by atoms with Crippen LogP contribution in [0.3, 0.4) is 0 Å². The van der Waals surface area contributed by atoms with Gasteiger partial charge >= 0.3 is 0 Å². The van der Waals surface area contributed by atoms with E-state index in [2.05, 4.69) is 89.9 Å². The molecule has 0 aromatic heterocycles. The fourth-order valence-electron chi connectivity index (χ4n) is 4.51. The van der Waals surface area contributed by atoms with Gasteiger partial charge < -0.3 is 4.74 Å². The van der Waals surface area contributed by atoms with Crippen molar-refractivity contribution in [3.05, 3.63) is 114 Å². The molecule has 0 spiro atoms. The van der Waals surface area contributed by atoms with Crippen LogP contribution in [0.4, 0.5) is 0 Å². The molecule has 6 rings (SSSR count). The van der Waals surface area contributed by atoms with Gasteiger partial charge in [-0.2, -0.15) is 5.10 Å². The molecule has 0 bridgehead atoms. The van der Waals surface area contributed by atoms with Crippen molar-refractivity contribution in [2.75, 3.05) is 0 Å². The summed E-state index contributed by atoms with van der Waals surface area (Å²) in [7, 11) is 0. The van der Waals surface area contributed by atoms with Crippen LogP contribution in [-0.2, 0) is 0 Å². The molecular weight excluding hydrogens is 356 g/mol. The van der Waals surface area contributed by atoms with E-state index in [1.54, 1.807) is 0 Å². The number of hydrogen-bond donors (Lipinski definition) is 0. The summed E-state index contributed by atoms with van der Waals surface area (Å²) in [4.78, 5) is 0. The number of nitrogens with zero attached hydrogens (tertiary/aromatic N) is 2. The van der Waals surface area contributed by atoms with Gasteiger partial charge in [-0.25, -0.2) is 5.01 Å². The summed E-state index contributed by atoms with van der Waals surface area (Å²) in [6.07, 6.45) is 0.654. The van der Waals surface area contributed by atoms with Crippen LogP contribution in [-0.4, -0.2) is 10.7 Å². The highest BCUT2D eigenvalue weighted by Gasteiger charge is 2.40. The molecule has 4 aromatic carbocycles. The van der Waals surface area contributed by atoms with Crippen molar-refractivity contribution >= 4 is 16.5 Å². The van der Waals surface area contributed by atoms with Crippen molar-refractivity contribution in [3.63, 3.8) is 0 Å². The third-order valence-corrected chi connectivity index (χ3v) is 5.88. The molecule has 2 unspecified atom stereocenters. The van der Waals surface area contributed by atoms with Gasteiger partial charge in [0.15, 0.2) is 0 Å². The number of ether oxygens (including phenoxy) is 1. The Hall–Kier alpha value is -3.59. The monoisotopic (exact) mass is 376 g/mol. The van der Waals surface area contributed by atoms with Gasteiger partial charge in [-0.15, -0.1) is 0 Å². The first-order valence-electron chi connectivity index (χ1n) is 10.0. The second kappa shape index (κ2) is 6.49. The Morgan fingerprint density at radius 2 is 1.52 bits per heavy atom. The van der Waals surface area contributed by atoms with Gasteiger partial charge in [-0.1, -0.05) is 91.0 Å². The zero-order valence-corrected chi connectivity index (χ0v) is 15.9. The van der Waals surface area contributed by atoms with Crippen LogP contribution in [0.25, 0.3) is 10.8 Å². The van der Waals surface area contributed by atoms with Gasteiger partial charge in [0.25, 0.3) is 0 Å². The highest BCUT2D eigenvalue weighted by molar-refractivity contribution is 6.11. The van der Waals surface area contributed by atoms with Crippen molar-refractivity contribution in [3.8, 4) is 5.75 Å². The van der Waals surface area contributed by atoms with E-state index in [0.29, 0.717) is 0 Å². The number of hydrazone groups is 1. The molecule has 3 nitrogen and oxygen atoms in total. The molecule has 4 aromatic rings. The minimum atomic E-state index is -0.219. The Morgan fingerprint density at radius 3 is 2.45 bits per heavy atom. The summed E-state index contributed by atoms with van der Waals surface area (Å²) in [6, 6.07) is 33.9. The number of para-hydroxylation sites is 1. The second-order valence-electron chi connectivity index (χ2n) is 7.59. The Bertz CT molecular complexity index is 1230. The largest absolute Gasteiger partial charge is 0.464 e. The van der Waals surface area contributed by atoms with Crippen molar-refractivity contribution in [2.45, 2.75) is 18.7 Å². The zero-order chi connectivity index (χ0) is 19.2. The lowest BCUT2D eigenvalue weighted by molar-refractivity contribution is -0.0190. The summed E-state index contributed by atoms with van der Waals surface area (Å²) >= 11 is 0. The van der Waals surface area contributed by atoms with E-state index in [1.807, 2.05) is 12.1 Å². The number of hydrogen-bond acceptors (Lipinski definition) is 3. The third kappa shape index (κ3) is 2.62. The highest BCUT2D eigenvalue weighted by Crippen LogP contribution is 2.47. The maximum Gasteiger partial charge on any atom is 0.213 e. The van der Waals surface area contributed by atoms with E-state index in [1.165, 1.54) is 21.9 Å². The van der Waals surface area contributed by atoms with Crippen molar-refractivity contribution in [2.24, 2.45) is 5.10 Å². The zero-order valence-electron chi connectivity index (χ0n) is 15.9. The summed E-state index contributed by atoms with van der Waals surface area (Å²) in [5.41, 5.74) is 4.66. The van der Waals surface area contributed by atoms with Crippen molar-refractivity contribution in [1.29, 1.82) is 0 Å². The molecule has 2 heterocycles. The average Bonchev–Trinajstić information content (AvgIpc) is 3.24. The molecule has 0 saturated carbocycles. The third-order valence-electron chi connectivity index (χ3n) is 5.88. The van der Waals surface area contributed by atoms with E-state index >= 15 is 0 Å². The normalized spacial score (nSPS) is 20.0. The standard InChI is InChI=1S/C26H20N2O/c1-2-10-19(11-3-1)26-28-24(22-14-6-7-16-25(22)29-26)17-23(27-28)21-15-8-12-18-9-4-5-13-20(18)21/h1-16,24,26H,17H2. The van der Waals surface area contributed by atoms with Gasteiger partial charge in [-0.05, 0) is 16.8 Å². The summed E-state index contributed by atoms with van der Waals surface area (Å²) in [5.74, 6) is 0.956. The van der Waals surface area contributed by atoms with Crippen LogP contribution < -0.4 is 4.74 Å². The molecule has 2 aliphatic rings. The molecule has 3 heteroatoms. The van der Waals surface area contributed by atoms with Crippen LogP contribution in [0.5, 0.6) is 5.75 Å². The lowest BCUT2D eigenvalue weighted by Crippen LogP contribution is -2.33. The molecule has 0 fully saturated rings. The van der Waals surface area contributed by atoms with E-state index in [0.717, 1.165) is 23.4 Å². The van der Waals surface area contributed by atoms with Crippen LogP contribution in [0.1, 0.15) is 35.4 Å². The lowest BCUT2D eigenvalue weighted by atomic mass is 9.94. The lowest BCUT2D eigenvalue weighted by Gasteiger charge is -2.38. The fraction of sp³-hybridized carbons (Fsp3) is 0.115. The number of fused-ring (bicyclic) bond motifs is 4. The molecule has 0 N–H and O–H groups in total.